The SMILES string of the molecule is C=C(c1ccc(F)c(Cl)c1C)N(C)C. The predicted octanol–water partition coefficient (Wildman–Crippen LogP) is 3.32. The summed E-state index contributed by atoms with van der Waals surface area (Å²) in [7, 11) is 3.78. The van der Waals surface area contributed by atoms with Gasteiger partial charge < -0.3 is 4.90 Å². The van der Waals surface area contributed by atoms with Gasteiger partial charge in [0.05, 0.1) is 5.02 Å². The molecule has 0 aliphatic rings. The van der Waals surface area contributed by atoms with Crippen LogP contribution in [0.2, 0.25) is 5.02 Å². The Kier molecular flexibility index (Phi) is 3.17. The summed E-state index contributed by atoms with van der Waals surface area (Å²) in [5, 5.41) is 0.172. The number of hydrogen-bond acceptors (Lipinski definition) is 1. The first-order chi connectivity index (χ1) is 6.45. The molecule has 0 amide bonds. The van der Waals surface area contributed by atoms with Crippen LogP contribution in [0.3, 0.4) is 0 Å². The van der Waals surface area contributed by atoms with E-state index in [2.05, 4.69) is 6.58 Å². The fourth-order valence-electron chi connectivity index (χ4n) is 1.21. The second-order valence-electron chi connectivity index (χ2n) is 3.38. The standard InChI is InChI=1S/C11H13ClFN/c1-7-9(8(2)14(3)4)5-6-10(13)11(7)12/h5-6H,2H2,1,3-4H3. The fraction of sp³-hybridized carbons (Fsp3) is 0.273. The summed E-state index contributed by atoms with van der Waals surface area (Å²) in [6, 6.07) is 3.05. The number of hydrogen-bond donors (Lipinski definition) is 0. The zero-order valence-electron chi connectivity index (χ0n) is 8.56. The van der Waals surface area contributed by atoms with Crippen LogP contribution in [0.25, 0.3) is 5.70 Å². The van der Waals surface area contributed by atoms with Crippen molar-refractivity contribution in [2.45, 2.75) is 6.92 Å². The average Bonchev–Trinajstić information content (AvgIpc) is 2.13. The van der Waals surface area contributed by atoms with Gasteiger partial charge in [-0.15, -0.1) is 0 Å². The molecular formula is C11H13ClFN. The molecule has 0 aliphatic heterocycles. The lowest BCUT2D eigenvalue weighted by Crippen LogP contribution is -2.10. The molecular weight excluding hydrogens is 201 g/mol. The molecule has 0 atom stereocenters. The van der Waals surface area contributed by atoms with Gasteiger partial charge >= 0.3 is 0 Å². The summed E-state index contributed by atoms with van der Waals surface area (Å²) >= 11 is 5.80. The Labute approximate surface area is 88.8 Å². The van der Waals surface area contributed by atoms with Gasteiger partial charge in [0, 0.05) is 25.4 Å². The smallest absolute Gasteiger partial charge is 0.142 e. The fourth-order valence-corrected chi connectivity index (χ4v) is 1.37. The number of nitrogens with zero attached hydrogens (tertiary/aromatic N) is 1. The van der Waals surface area contributed by atoms with Crippen molar-refractivity contribution in [1.29, 1.82) is 0 Å². The molecule has 0 heterocycles. The van der Waals surface area contributed by atoms with Crippen molar-refractivity contribution in [3.05, 3.63) is 40.7 Å². The zero-order chi connectivity index (χ0) is 10.9. The highest BCUT2D eigenvalue weighted by molar-refractivity contribution is 6.31. The minimum Gasteiger partial charge on any atom is -0.378 e. The maximum Gasteiger partial charge on any atom is 0.142 e. The first-order valence-corrected chi connectivity index (χ1v) is 4.64. The number of benzene rings is 1. The molecule has 0 bridgehead atoms. The highest BCUT2D eigenvalue weighted by Gasteiger charge is 2.10. The van der Waals surface area contributed by atoms with Crippen LogP contribution in [0.5, 0.6) is 0 Å². The van der Waals surface area contributed by atoms with E-state index < -0.39 is 0 Å². The van der Waals surface area contributed by atoms with Crippen LogP contribution in [0.15, 0.2) is 18.7 Å². The molecule has 1 nitrogen and oxygen atoms in total. The molecule has 14 heavy (non-hydrogen) atoms. The second-order valence-corrected chi connectivity index (χ2v) is 3.75. The van der Waals surface area contributed by atoms with Crippen molar-refractivity contribution in [3.63, 3.8) is 0 Å². The third-order valence-corrected chi connectivity index (χ3v) is 2.65. The molecule has 1 aromatic rings. The van der Waals surface area contributed by atoms with Crippen LogP contribution in [-0.2, 0) is 0 Å². The quantitative estimate of drug-likeness (QED) is 0.729. The zero-order valence-corrected chi connectivity index (χ0v) is 9.32. The van der Waals surface area contributed by atoms with E-state index in [1.807, 2.05) is 19.0 Å². The van der Waals surface area contributed by atoms with Gasteiger partial charge in [0.25, 0.3) is 0 Å². The van der Waals surface area contributed by atoms with E-state index in [9.17, 15) is 4.39 Å². The third kappa shape index (κ3) is 1.90. The largest absolute Gasteiger partial charge is 0.378 e. The molecule has 0 spiro atoms. The Bertz CT molecular complexity index is 372. The van der Waals surface area contributed by atoms with Gasteiger partial charge in [-0.3, -0.25) is 0 Å². The summed E-state index contributed by atoms with van der Waals surface area (Å²) in [4.78, 5) is 1.87. The van der Waals surface area contributed by atoms with Crippen LogP contribution in [0.1, 0.15) is 11.1 Å². The van der Waals surface area contributed by atoms with Crippen molar-refractivity contribution in [3.8, 4) is 0 Å². The van der Waals surface area contributed by atoms with Gasteiger partial charge in [-0.25, -0.2) is 4.39 Å². The molecule has 0 saturated carbocycles. The van der Waals surface area contributed by atoms with Gasteiger partial charge in [0.1, 0.15) is 5.82 Å². The first kappa shape index (κ1) is 11.1. The normalized spacial score (nSPS) is 10.1. The summed E-state index contributed by atoms with van der Waals surface area (Å²) < 4.78 is 13.0. The molecule has 1 aromatic carbocycles. The summed E-state index contributed by atoms with van der Waals surface area (Å²) in [6.45, 7) is 5.69. The van der Waals surface area contributed by atoms with E-state index in [1.165, 1.54) is 6.07 Å². The third-order valence-electron chi connectivity index (χ3n) is 2.19. The van der Waals surface area contributed by atoms with Crippen molar-refractivity contribution < 1.29 is 4.39 Å². The minimum atomic E-state index is -0.389. The highest BCUT2D eigenvalue weighted by Crippen LogP contribution is 2.27. The molecule has 3 heteroatoms. The Morgan fingerprint density at radius 3 is 2.50 bits per heavy atom. The van der Waals surface area contributed by atoms with Gasteiger partial charge in [0.2, 0.25) is 0 Å². The lowest BCUT2D eigenvalue weighted by Gasteiger charge is -2.18. The first-order valence-electron chi connectivity index (χ1n) is 4.26. The number of halogens is 2. The van der Waals surface area contributed by atoms with Crippen molar-refractivity contribution in [2.75, 3.05) is 14.1 Å². The maximum atomic E-state index is 13.0. The minimum absolute atomic E-state index is 0.172. The molecule has 76 valence electrons. The van der Waals surface area contributed by atoms with Crippen LogP contribution in [0.4, 0.5) is 4.39 Å². The second kappa shape index (κ2) is 4.01. The topological polar surface area (TPSA) is 3.24 Å². The Balaban J connectivity index is 3.24. The van der Waals surface area contributed by atoms with E-state index in [1.54, 1.807) is 13.0 Å². The van der Waals surface area contributed by atoms with E-state index in [0.717, 1.165) is 16.8 Å². The van der Waals surface area contributed by atoms with E-state index >= 15 is 0 Å². The Hall–Kier alpha value is -1.02. The van der Waals surface area contributed by atoms with Gasteiger partial charge in [-0.2, -0.15) is 0 Å². The van der Waals surface area contributed by atoms with Crippen molar-refractivity contribution in [1.82, 2.24) is 4.90 Å². The predicted molar refractivity (Wildman–Crippen MR) is 58.9 cm³/mol. The van der Waals surface area contributed by atoms with E-state index in [0.29, 0.717) is 0 Å². The van der Waals surface area contributed by atoms with Crippen LogP contribution >= 0.6 is 11.6 Å². The van der Waals surface area contributed by atoms with Crippen molar-refractivity contribution >= 4 is 17.3 Å². The molecule has 1 rings (SSSR count). The molecule has 0 unspecified atom stereocenters. The Morgan fingerprint density at radius 1 is 1.43 bits per heavy atom. The molecule has 0 aliphatic carbocycles. The molecule has 0 fully saturated rings. The lowest BCUT2D eigenvalue weighted by molar-refractivity contribution is 0.591. The van der Waals surface area contributed by atoms with Crippen molar-refractivity contribution in [2.24, 2.45) is 0 Å². The van der Waals surface area contributed by atoms with Crippen LogP contribution in [0, 0.1) is 12.7 Å². The van der Waals surface area contributed by atoms with E-state index in [4.69, 9.17) is 11.6 Å². The molecule has 0 N–H and O–H groups in total. The summed E-state index contributed by atoms with van der Waals surface area (Å²) in [5.74, 6) is -0.389. The Morgan fingerprint density at radius 2 is 2.00 bits per heavy atom. The highest BCUT2D eigenvalue weighted by atomic mass is 35.5. The van der Waals surface area contributed by atoms with Gasteiger partial charge in [-0.1, -0.05) is 18.2 Å². The average molecular weight is 214 g/mol. The summed E-state index contributed by atoms with van der Waals surface area (Å²) in [6.07, 6.45) is 0. The van der Waals surface area contributed by atoms with Gasteiger partial charge in [-0.05, 0) is 24.6 Å². The maximum absolute atomic E-state index is 13.0. The molecule has 0 saturated heterocycles. The molecule has 0 radical (unpaired) electrons. The van der Waals surface area contributed by atoms with E-state index in [-0.39, 0.29) is 10.8 Å². The summed E-state index contributed by atoms with van der Waals surface area (Å²) in [5.41, 5.74) is 2.43. The monoisotopic (exact) mass is 213 g/mol. The van der Waals surface area contributed by atoms with Gasteiger partial charge in [0.15, 0.2) is 0 Å². The lowest BCUT2D eigenvalue weighted by atomic mass is 10.1. The number of rotatable bonds is 2. The molecule has 0 aromatic heterocycles. The van der Waals surface area contributed by atoms with Crippen LogP contribution in [-0.4, -0.2) is 19.0 Å². The van der Waals surface area contributed by atoms with Crippen LogP contribution < -0.4 is 0 Å².